The van der Waals surface area contributed by atoms with Crippen molar-refractivity contribution in [3.63, 3.8) is 0 Å². The van der Waals surface area contributed by atoms with Crippen molar-refractivity contribution in [3.8, 4) is 5.75 Å². The van der Waals surface area contributed by atoms with Crippen LogP contribution in [-0.4, -0.2) is 65.8 Å². The summed E-state index contributed by atoms with van der Waals surface area (Å²) in [5, 5.41) is 2.85. The molecule has 0 unspecified atom stereocenters. The Morgan fingerprint density at radius 2 is 1.88 bits per heavy atom. The molecule has 1 aliphatic rings. The lowest BCUT2D eigenvalue weighted by atomic mass is 9.94. The van der Waals surface area contributed by atoms with Crippen LogP contribution in [0.15, 0.2) is 24.3 Å². The minimum atomic E-state index is -3.56. The fraction of sp³-hybridized carbons (Fsp3) is 0.611. The number of carbonyl (C=O) groups is 1. The quantitative estimate of drug-likeness (QED) is 0.732. The van der Waals surface area contributed by atoms with E-state index in [4.69, 9.17) is 4.74 Å². The Hall–Kier alpha value is -1.80. The molecule has 0 radical (unpaired) electrons. The van der Waals surface area contributed by atoms with Crippen LogP contribution in [0.3, 0.4) is 0 Å². The van der Waals surface area contributed by atoms with Crippen molar-refractivity contribution in [2.45, 2.75) is 19.3 Å². The zero-order chi connectivity index (χ0) is 19.2. The number of hydrogen-bond acceptors (Lipinski definition) is 5. The highest BCUT2D eigenvalue weighted by Crippen LogP contribution is 2.21. The highest BCUT2D eigenvalue weighted by atomic mass is 32.2. The number of hydrogen-bond donors (Lipinski definition) is 1. The fourth-order valence-electron chi connectivity index (χ4n) is 3.10. The van der Waals surface area contributed by atoms with Crippen molar-refractivity contribution >= 4 is 21.6 Å². The minimum Gasteiger partial charge on any atom is -0.497 e. The first-order chi connectivity index (χ1) is 12.3. The molecule has 0 aromatic heterocycles. The summed E-state index contributed by atoms with van der Waals surface area (Å²) in [6.07, 6.45) is 4.32. The van der Waals surface area contributed by atoms with Gasteiger partial charge in [0.05, 0.1) is 19.1 Å². The van der Waals surface area contributed by atoms with Gasteiger partial charge in [-0.1, -0.05) is 0 Å². The third-order valence-corrected chi connectivity index (χ3v) is 5.90. The minimum absolute atomic E-state index is 0.224. The summed E-state index contributed by atoms with van der Waals surface area (Å²) in [5.41, 5.74) is 0.443. The molecule has 1 aromatic carbocycles. The van der Waals surface area contributed by atoms with Crippen molar-refractivity contribution in [3.05, 3.63) is 24.3 Å². The van der Waals surface area contributed by atoms with Gasteiger partial charge < -0.3 is 15.0 Å². The number of benzene rings is 1. The Bertz CT molecular complexity index is 683. The number of piperidine rings is 1. The summed E-state index contributed by atoms with van der Waals surface area (Å²) in [7, 11) is 0.107. The number of likely N-dealkylation sites (tertiary alicyclic amines) is 1. The average molecular weight is 384 g/mol. The molecule has 1 heterocycles. The van der Waals surface area contributed by atoms with Gasteiger partial charge in [-0.25, -0.2) is 8.42 Å². The summed E-state index contributed by atoms with van der Waals surface area (Å²) in [5.74, 6) is 0.961. The second-order valence-electron chi connectivity index (χ2n) is 6.85. The van der Waals surface area contributed by atoms with E-state index in [2.05, 4.69) is 17.3 Å². The predicted molar refractivity (Wildman–Crippen MR) is 103 cm³/mol. The lowest BCUT2D eigenvalue weighted by Gasteiger charge is -2.29. The Morgan fingerprint density at radius 1 is 1.27 bits per heavy atom. The predicted octanol–water partition coefficient (Wildman–Crippen LogP) is 1.31. The van der Waals surface area contributed by atoms with Gasteiger partial charge in [-0.05, 0) is 69.6 Å². The van der Waals surface area contributed by atoms with Gasteiger partial charge in [0.25, 0.3) is 0 Å². The number of rotatable bonds is 8. The second kappa shape index (κ2) is 9.23. The van der Waals surface area contributed by atoms with Crippen molar-refractivity contribution in [2.24, 2.45) is 5.92 Å². The van der Waals surface area contributed by atoms with Crippen molar-refractivity contribution < 1.29 is 17.9 Å². The van der Waals surface area contributed by atoms with Gasteiger partial charge in [0, 0.05) is 6.54 Å². The SMILES string of the molecule is COc1ccc(N(CC(=O)NCCC2CCN(C)CC2)S(C)(=O)=O)cc1. The first-order valence-electron chi connectivity index (χ1n) is 8.86. The molecule has 1 amide bonds. The average Bonchev–Trinajstić information content (AvgIpc) is 2.60. The molecule has 26 heavy (non-hydrogen) atoms. The molecule has 2 rings (SSSR count). The van der Waals surface area contributed by atoms with Gasteiger partial charge in [-0.15, -0.1) is 0 Å². The van der Waals surface area contributed by atoms with Gasteiger partial charge in [0.15, 0.2) is 0 Å². The van der Waals surface area contributed by atoms with E-state index < -0.39 is 10.0 Å². The van der Waals surface area contributed by atoms with Gasteiger partial charge in [-0.3, -0.25) is 9.10 Å². The number of methoxy groups -OCH3 is 1. The second-order valence-corrected chi connectivity index (χ2v) is 8.76. The van der Waals surface area contributed by atoms with E-state index in [9.17, 15) is 13.2 Å². The van der Waals surface area contributed by atoms with Gasteiger partial charge in [0.1, 0.15) is 12.3 Å². The van der Waals surface area contributed by atoms with E-state index >= 15 is 0 Å². The highest BCUT2D eigenvalue weighted by molar-refractivity contribution is 7.92. The molecule has 1 N–H and O–H groups in total. The van der Waals surface area contributed by atoms with Crippen LogP contribution in [0.25, 0.3) is 0 Å². The van der Waals surface area contributed by atoms with E-state index in [1.807, 2.05) is 0 Å². The van der Waals surface area contributed by atoms with Crippen molar-refractivity contribution in [2.75, 3.05) is 50.9 Å². The summed E-state index contributed by atoms with van der Waals surface area (Å²) < 4.78 is 30.4. The molecule has 1 aromatic rings. The van der Waals surface area contributed by atoms with Gasteiger partial charge in [0.2, 0.25) is 15.9 Å². The monoisotopic (exact) mass is 383 g/mol. The fourth-order valence-corrected chi connectivity index (χ4v) is 3.96. The molecular weight excluding hydrogens is 354 g/mol. The maximum absolute atomic E-state index is 12.2. The Labute approximate surface area is 156 Å². The normalized spacial score (nSPS) is 16.3. The van der Waals surface area contributed by atoms with Crippen molar-refractivity contribution in [1.82, 2.24) is 10.2 Å². The van der Waals surface area contributed by atoms with Gasteiger partial charge in [-0.2, -0.15) is 0 Å². The molecule has 0 aliphatic carbocycles. The molecule has 1 saturated heterocycles. The summed E-state index contributed by atoms with van der Waals surface area (Å²) in [4.78, 5) is 14.6. The highest BCUT2D eigenvalue weighted by Gasteiger charge is 2.21. The van der Waals surface area contributed by atoms with E-state index in [1.54, 1.807) is 31.4 Å². The van der Waals surface area contributed by atoms with Crippen LogP contribution < -0.4 is 14.4 Å². The molecule has 1 fully saturated rings. The van der Waals surface area contributed by atoms with E-state index in [0.29, 0.717) is 23.9 Å². The number of nitrogens with one attached hydrogen (secondary N) is 1. The van der Waals surface area contributed by atoms with Crippen molar-refractivity contribution in [1.29, 1.82) is 0 Å². The molecule has 0 spiro atoms. The van der Waals surface area contributed by atoms with Gasteiger partial charge >= 0.3 is 0 Å². The molecule has 7 nitrogen and oxygen atoms in total. The number of sulfonamides is 1. The Balaban J connectivity index is 1.88. The first kappa shape index (κ1) is 20.5. The topological polar surface area (TPSA) is 79.0 Å². The number of amides is 1. The Morgan fingerprint density at radius 3 is 2.42 bits per heavy atom. The third-order valence-electron chi connectivity index (χ3n) is 4.76. The van der Waals surface area contributed by atoms with Crippen LogP contribution in [0.4, 0.5) is 5.69 Å². The lowest BCUT2D eigenvalue weighted by molar-refractivity contribution is -0.119. The summed E-state index contributed by atoms with van der Waals surface area (Å²) in [6, 6.07) is 6.61. The summed E-state index contributed by atoms with van der Waals surface area (Å²) in [6.45, 7) is 2.54. The van der Waals surface area contributed by atoms with E-state index in [-0.39, 0.29) is 12.5 Å². The largest absolute Gasteiger partial charge is 0.497 e. The smallest absolute Gasteiger partial charge is 0.240 e. The molecule has 0 atom stereocenters. The van der Waals surface area contributed by atoms with Crippen LogP contribution in [0.1, 0.15) is 19.3 Å². The summed E-state index contributed by atoms with van der Waals surface area (Å²) >= 11 is 0. The van der Waals surface area contributed by atoms with Crippen LogP contribution >= 0.6 is 0 Å². The maximum Gasteiger partial charge on any atom is 0.240 e. The van der Waals surface area contributed by atoms with Crippen LogP contribution in [0.5, 0.6) is 5.75 Å². The molecule has 8 heteroatoms. The maximum atomic E-state index is 12.2. The first-order valence-corrected chi connectivity index (χ1v) is 10.7. The van der Waals surface area contributed by atoms with Crippen LogP contribution in [0, 0.1) is 5.92 Å². The standard InChI is InChI=1S/C18H29N3O4S/c1-20-12-9-15(10-13-20)8-11-19-18(22)14-21(26(3,23)24)16-4-6-17(25-2)7-5-16/h4-7,15H,8-14H2,1-3H3,(H,19,22). The number of nitrogens with zero attached hydrogens (tertiary/aromatic N) is 2. The number of anilines is 1. The third kappa shape index (κ3) is 6.17. The molecule has 146 valence electrons. The number of carbonyl (C=O) groups excluding carboxylic acids is 1. The van der Waals surface area contributed by atoms with E-state index in [1.165, 1.54) is 0 Å². The Kier molecular flexibility index (Phi) is 7.28. The number of ether oxygens (including phenoxy) is 1. The van der Waals surface area contributed by atoms with E-state index in [0.717, 1.165) is 42.9 Å². The molecule has 1 aliphatic heterocycles. The molecular formula is C18H29N3O4S. The van der Waals surface area contributed by atoms with Crippen LogP contribution in [0.2, 0.25) is 0 Å². The zero-order valence-corrected chi connectivity index (χ0v) is 16.6. The zero-order valence-electron chi connectivity index (χ0n) is 15.8. The molecule has 0 bridgehead atoms. The lowest BCUT2D eigenvalue weighted by Crippen LogP contribution is -2.41. The molecule has 0 saturated carbocycles. The van der Waals surface area contributed by atoms with Crippen LogP contribution in [-0.2, 0) is 14.8 Å².